The average Bonchev–Trinajstić information content (AvgIpc) is 3.30. The Bertz CT molecular complexity index is 1260. The molecule has 0 aliphatic rings. The van der Waals surface area contributed by atoms with Crippen molar-refractivity contribution in [2.45, 2.75) is 13.0 Å². The summed E-state index contributed by atoms with van der Waals surface area (Å²) in [5.74, 6) is -1.38. The molecule has 0 aliphatic carbocycles. The lowest BCUT2D eigenvalue weighted by molar-refractivity contribution is -0.118. The number of para-hydroxylation sites is 2. The van der Waals surface area contributed by atoms with Crippen LogP contribution in [0.1, 0.15) is 13.0 Å². The highest BCUT2D eigenvalue weighted by atomic mass is 32.1. The molecule has 1 amide bonds. The third-order valence-corrected chi connectivity index (χ3v) is 5.23. The topological polar surface area (TPSA) is 86.4 Å². The van der Waals surface area contributed by atoms with Gasteiger partial charge in [-0.05, 0) is 37.3 Å². The van der Waals surface area contributed by atoms with E-state index in [-0.39, 0.29) is 5.75 Å². The molecule has 4 rings (SSSR count). The van der Waals surface area contributed by atoms with Gasteiger partial charge in [0.25, 0.3) is 0 Å². The van der Waals surface area contributed by atoms with Gasteiger partial charge in [0, 0.05) is 10.9 Å². The SMILES string of the molecule is COc1ccc(-c2csc(NC(=O)C(C)n3c(=O)oc4ccccc43)n2)cc1F. The first-order chi connectivity index (χ1) is 14.0. The zero-order valence-corrected chi connectivity index (χ0v) is 16.3. The fourth-order valence-electron chi connectivity index (χ4n) is 2.97. The van der Waals surface area contributed by atoms with Crippen molar-refractivity contribution in [3.05, 3.63) is 64.2 Å². The van der Waals surface area contributed by atoms with Crippen molar-refractivity contribution < 1.29 is 18.3 Å². The summed E-state index contributed by atoms with van der Waals surface area (Å²) in [5, 5.41) is 4.75. The van der Waals surface area contributed by atoms with Crippen molar-refractivity contribution in [1.29, 1.82) is 0 Å². The molecule has 1 N–H and O–H groups in total. The number of halogens is 1. The predicted octanol–water partition coefficient (Wildman–Crippen LogP) is 4.07. The van der Waals surface area contributed by atoms with E-state index in [1.54, 1.807) is 42.6 Å². The molecular weight excluding hydrogens is 397 g/mol. The highest BCUT2D eigenvalue weighted by Crippen LogP contribution is 2.29. The molecule has 0 spiro atoms. The van der Waals surface area contributed by atoms with Crippen molar-refractivity contribution in [2.75, 3.05) is 12.4 Å². The van der Waals surface area contributed by atoms with E-state index in [2.05, 4.69) is 10.3 Å². The van der Waals surface area contributed by atoms with E-state index in [0.717, 1.165) is 0 Å². The molecule has 4 aromatic rings. The lowest BCUT2D eigenvalue weighted by Gasteiger charge is -2.11. The van der Waals surface area contributed by atoms with Crippen LogP contribution in [0.5, 0.6) is 5.75 Å². The van der Waals surface area contributed by atoms with Crippen LogP contribution in [0.2, 0.25) is 0 Å². The number of oxazole rings is 1. The number of benzene rings is 2. The summed E-state index contributed by atoms with van der Waals surface area (Å²) >= 11 is 1.20. The maximum atomic E-state index is 13.9. The molecule has 0 fully saturated rings. The molecule has 2 heterocycles. The number of ether oxygens (including phenoxy) is 1. The number of hydrogen-bond acceptors (Lipinski definition) is 6. The van der Waals surface area contributed by atoms with Gasteiger partial charge >= 0.3 is 5.76 Å². The Hall–Kier alpha value is -3.46. The van der Waals surface area contributed by atoms with Crippen molar-refractivity contribution in [3.63, 3.8) is 0 Å². The smallest absolute Gasteiger partial charge is 0.420 e. The number of anilines is 1. The first kappa shape index (κ1) is 18.9. The number of hydrogen-bond donors (Lipinski definition) is 1. The number of thiazole rings is 1. The maximum absolute atomic E-state index is 13.9. The fourth-order valence-corrected chi connectivity index (χ4v) is 3.69. The van der Waals surface area contributed by atoms with E-state index in [4.69, 9.17) is 9.15 Å². The van der Waals surface area contributed by atoms with E-state index in [9.17, 15) is 14.0 Å². The number of aromatic nitrogens is 2. The van der Waals surface area contributed by atoms with Crippen LogP contribution in [0.25, 0.3) is 22.4 Å². The summed E-state index contributed by atoms with van der Waals surface area (Å²) in [6.07, 6.45) is 0. The van der Waals surface area contributed by atoms with Gasteiger partial charge < -0.3 is 14.5 Å². The average molecular weight is 413 g/mol. The minimum atomic E-state index is -0.808. The molecule has 1 atom stereocenters. The minimum Gasteiger partial charge on any atom is -0.494 e. The Balaban J connectivity index is 1.55. The van der Waals surface area contributed by atoms with Gasteiger partial charge in [0.2, 0.25) is 5.91 Å². The van der Waals surface area contributed by atoms with E-state index < -0.39 is 23.5 Å². The summed E-state index contributed by atoms with van der Waals surface area (Å²) in [6.45, 7) is 1.60. The van der Waals surface area contributed by atoms with Crippen molar-refractivity contribution in [2.24, 2.45) is 0 Å². The number of nitrogens with one attached hydrogen (secondary N) is 1. The lowest BCUT2D eigenvalue weighted by atomic mass is 10.1. The molecule has 9 heteroatoms. The molecule has 0 bridgehead atoms. The van der Waals surface area contributed by atoms with Gasteiger partial charge in [-0.2, -0.15) is 0 Å². The second-order valence-electron chi connectivity index (χ2n) is 6.26. The third-order valence-electron chi connectivity index (χ3n) is 4.47. The molecule has 148 valence electrons. The number of fused-ring (bicyclic) bond motifs is 1. The molecule has 0 radical (unpaired) electrons. The van der Waals surface area contributed by atoms with Crippen molar-refractivity contribution in [1.82, 2.24) is 9.55 Å². The van der Waals surface area contributed by atoms with Crippen LogP contribution in [-0.2, 0) is 4.79 Å². The monoisotopic (exact) mass is 413 g/mol. The molecule has 7 nitrogen and oxygen atoms in total. The number of rotatable bonds is 5. The Morgan fingerprint density at radius 1 is 1.31 bits per heavy atom. The highest BCUT2D eigenvalue weighted by Gasteiger charge is 2.22. The summed E-state index contributed by atoms with van der Waals surface area (Å²) in [4.78, 5) is 29.2. The van der Waals surface area contributed by atoms with Crippen LogP contribution in [0.15, 0.2) is 57.1 Å². The van der Waals surface area contributed by atoms with Crippen molar-refractivity contribution in [3.8, 4) is 17.0 Å². The standard InChI is InChI=1S/C20H16FN3O4S/c1-11(24-15-5-3-4-6-17(15)28-20(24)26)18(25)23-19-22-14(10-29-19)12-7-8-16(27-2)13(21)9-12/h3-11H,1-2H3,(H,22,23,25). The number of amides is 1. The third kappa shape index (κ3) is 3.52. The molecule has 0 aliphatic heterocycles. The van der Waals surface area contributed by atoms with Crippen LogP contribution < -0.4 is 15.8 Å². The number of carbonyl (C=O) groups is 1. The van der Waals surface area contributed by atoms with Crippen LogP contribution in [0.4, 0.5) is 9.52 Å². The fraction of sp³-hybridized carbons (Fsp3) is 0.150. The quantitative estimate of drug-likeness (QED) is 0.533. The van der Waals surface area contributed by atoms with Gasteiger partial charge in [0.1, 0.15) is 6.04 Å². The van der Waals surface area contributed by atoms with Crippen LogP contribution in [0.3, 0.4) is 0 Å². The normalized spacial score (nSPS) is 12.1. The molecule has 0 saturated heterocycles. The highest BCUT2D eigenvalue weighted by molar-refractivity contribution is 7.14. The van der Waals surface area contributed by atoms with Gasteiger partial charge in [-0.15, -0.1) is 11.3 Å². The summed E-state index contributed by atoms with van der Waals surface area (Å²) < 4.78 is 25.3. The second-order valence-corrected chi connectivity index (χ2v) is 7.12. The van der Waals surface area contributed by atoms with Crippen LogP contribution in [-0.4, -0.2) is 22.6 Å². The molecular formula is C20H16FN3O4S. The molecule has 2 aromatic heterocycles. The van der Waals surface area contributed by atoms with Gasteiger partial charge in [-0.3, -0.25) is 9.36 Å². The Kier molecular flexibility index (Phi) is 4.89. The van der Waals surface area contributed by atoms with Crippen molar-refractivity contribution >= 4 is 33.5 Å². The summed E-state index contributed by atoms with van der Waals surface area (Å²) in [7, 11) is 1.39. The zero-order chi connectivity index (χ0) is 20.5. The molecule has 0 saturated carbocycles. The largest absolute Gasteiger partial charge is 0.494 e. The van der Waals surface area contributed by atoms with Gasteiger partial charge in [-0.25, -0.2) is 14.2 Å². The summed E-state index contributed by atoms with van der Waals surface area (Å²) in [6, 6.07) is 10.6. The van der Waals surface area contributed by atoms with E-state index in [0.29, 0.717) is 27.5 Å². The molecule has 2 aromatic carbocycles. The molecule has 29 heavy (non-hydrogen) atoms. The second kappa shape index (κ2) is 7.51. The lowest BCUT2D eigenvalue weighted by Crippen LogP contribution is -2.29. The predicted molar refractivity (Wildman–Crippen MR) is 108 cm³/mol. The van der Waals surface area contributed by atoms with Gasteiger partial charge in [0.05, 0.1) is 18.3 Å². The van der Waals surface area contributed by atoms with E-state index in [1.807, 2.05) is 0 Å². The number of nitrogens with zero attached hydrogens (tertiary/aromatic N) is 2. The first-order valence-corrected chi connectivity index (χ1v) is 9.56. The molecule has 1 unspecified atom stereocenters. The van der Waals surface area contributed by atoms with Crippen LogP contribution >= 0.6 is 11.3 Å². The zero-order valence-electron chi connectivity index (χ0n) is 15.5. The van der Waals surface area contributed by atoms with Crippen LogP contribution in [0, 0.1) is 5.82 Å². The number of methoxy groups -OCH3 is 1. The Morgan fingerprint density at radius 2 is 2.10 bits per heavy atom. The Labute approximate surface area is 168 Å². The van der Waals surface area contributed by atoms with E-state index >= 15 is 0 Å². The van der Waals surface area contributed by atoms with Gasteiger partial charge in [0.15, 0.2) is 22.3 Å². The van der Waals surface area contributed by atoms with Gasteiger partial charge in [-0.1, -0.05) is 12.1 Å². The summed E-state index contributed by atoms with van der Waals surface area (Å²) in [5.41, 5.74) is 2.03. The maximum Gasteiger partial charge on any atom is 0.420 e. The Morgan fingerprint density at radius 3 is 2.86 bits per heavy atom. The first-order valence-electron chi connectivity index (χ1n) is 8.68. The van der Waals surface area contributed by atoms with E-state index in [1.165, 1.54) is 35.1 Å². The minimum absolute atomic E-state index is 0.143. The number of carbonyl (C=O) groups excluding carboxylic acids is 1.